The molecule has 3 amide bonds. The van der Waals surface area contributed by atoms with Gasteiger partial charge in [0, 0.05) is 42.1 Å². The summed E-state index contributed by atoms with van der Waals surface area (Å²) in [5.41, 5.74) is -1.55. The summed E-state index contributed by atoms with van der Waals surface area (Å²) in [6.45, 7) is 0.111. The number of hydrogen-bond acceptors (Lipinski definition) is 7. The topological polar surface area (TPSA) is 136 Å². The van der Waals surface area contributed by atoms with E-state index in [-0.39, 0.29) is 47.1 Å². The molecule has 0 saturated heterocycles. The quantitative estimate of drug-likeness (QED) is 0.164. The molecule has 0 unspecified atom stereocenters. The molecular formula is C30H24ClF5N6O5. The Hall–Kier alpha value is -5.09. The van der Waals surface area contributed by atoms with Gasteiger partial charge in [-0.1, -0.05) is 17.7 Å². The predicted octanol–water partition coefficient (Wildman–Crippen LogP) is 4.66. The van der Waals surface area contributed by atoms with E-state index in [9.17, 15) is 36.3 Å². The fraction of sp³-hybridized carbons (Fsp3) is 0.233. The minimum Gasteiger partial charge on any atom is -0.475 e. The number of carbonyl (C=O) groups is 3. The number of halogens is 6. The molecule has 246 valence electrons. The second-order valence-electron chi connectivity index (χ2n) is 10.1. The van der Waals surface area contributed by atoms with Gasteiger partial charge in [0.05, 0.1) is 23.9 Å². The number of carbonyl (C=O) groups excluding carboxylic acids is 3. The molecule has 0 fully saturated rings. The molecule has 17 heteroatoms. The maximum Gasteiger partial charge on any atom is 0.416 e. The van der Waals surface area contributed by atoms with Crippen molar-refractivity contribution in [3.8, 4) is 5.88 Å². The average molecular weight is 679 g/mol. The highest BCUT2D eigenvalue weighted by Gasteiger charge is 2.37. The van der Waals surface area contributed by atoms with E-state index in [2.05, 4.69) is 25.9 Å². The van der Waals surface area contributed by atoms with Gasteiger partial charge in [0.15, 0.2) is 5.82 Å². The first-order valence-electron chi connectivity index (χ1n) is 13.7. The summed E-state index contributed by atoms with van der Waals surface area (Å²) < 4.78 is 79.9. The normalized spacial score (nSPS) is 14.3. The molecule has 2 aromatic heterocycles. The minimum atomic E-state index is -4.95. The molecule has 1 atom stereocenters. The Kier molecular flexibility index (Phi) is 9.72. The van der Waals surface area contributed by atoms with Gasteiger partial charge in [-0.25, -0.2) is 18.7 Å². The number of aromatic nitrogens is 3. The SMILES string of the molecule is COCCOc1ccc(CNC(=O)c2nc(NC(=O)c3cc(F)cc(C(F)(F)F)c3)c3n2CC(=O)N[C@H]3c2cc(F)ccc2Cl)cn1. The lowest BCUT2D eigenvalue weighted by molar-refractivity contribution is -0.137. The van der Waals surface area contributed by atoms with Crippen molar-refractivity contribution in [2.24, 2.45) is 0 Å². The maximum atomic E-state index is 14.3. The van der Waals surface area contributed by atoms with Crippen LogP contribution >= 0.6 is 11.6 Å². The number of rotatable bonds is 10. The molecule has 0 radical (unpaired) electrons. The van der Waals surface area contributed by atoms with Crippen molar-refractivity contribution >= 4 is 35.1 Å². The molecular weight excluding hydrogens is 655 g/mol. The zero-order chi connectivity index (χ0) is 33.9. The molecule has 3 heterocycles. The van der Waals surface area contributed by atoms with E-state index in [1.165, 1.54) is 19.4 Å². The van der Waals surface area contributed by atoms with E-state index < -0.39 is 59.2 Å². The Morgan fingerprint density at radius 2 is 1.85 bits per heavy atom. The largest absolute Gasteiger partial charge is 0.475 e. The van der Waals surface area contributed by atoms with Crippen LogP contribution in [-0.2, 0) is 28.8 Å². The third-order valence-corrected chi connectivity index (χ3v) is 7.21. The van der Waals surface area contributed by atoms with Crippen LogP contribution in [0.3, 0.4) is 0 Å². The molecule has 3 N–H and O–H groups in total. The first-order valence-corrected chi connectivity index (χ1v) is 14.1. The lowest BCUT2D eigenvalue weighted by atomic mass is 10.0. The van der Waals surface area contributed by atoms with Gasteiger partial charge >= 0.3 is 6.18 Å². The number of imidazole rings is 1. The molecule has 0 aliphatic carbocycles. The highest BCUT2D eigenvalue weighted by atomic mass is 35.5. The zero-order valence-electron chi connectivity index (χ0n) is 24.3. The highest BCUT2D eigenvalue weighted by Crippen LogP contribution is 2.36. The van der Waals surface area contributed by atoms with Crippen LogP contribution in [-0.4, -0.2) is 52.6 Å². The Labute approximate surface area is 268 Å². The van der Waals surface area contributed by atoms with Crippen LogP contribution < -0.4 is 20.7 Å². The fourth-order valence-corrected chi connectivity index (χ4v) is 4.95. The number of methoxy groups -OCH3 is 1. The smallest absolute Gasteiger partial charge is 0.416 e. The monoisotopic (exact) mass is 678 g/mol. The van der Waals surface area contributed by atoms with Crippen LogP contribution in [0.4, 0.5) is 27.8 Å². The lowest BCUT2D eigenvalue weighted by Gasteiger charge is -2.28. The third-order valence-electron chi connectivity index (χ3n) is 6.87. The minimum absolute atomic E-state index is 0.0109. The molecule has 1 aliphatic heterocycles. The standard InChI is InChI=1S/C30H24ClF5N6O5/c1-46-6-7-47-23-5-2-15(12-37-23)13-38-29(45)27-40-26(41-28(44)16-8-17(30(34,35)36)10-19(33)9-16)25-24(39-22(43)14-42(25)27)20-11-18(32)3-4-21(20)31/h2-5,8-12,24H,6-7,13-14H2,1H3,(H,38,45)(H,39,43)(H,41,44)/t24-/m0/s1. The molecule has 2 aromatic carbocycles. The summed E-state index contributed by atoms with van der Waals surface area (Å²) in [5.74, 6) is -5.10. The molecule has 11 nitrogen and oxygen atoms in total. The molecule has 5 rings (SSSR count). The summed E-state index contributed by atoms with van der Waals surface area (Å²) in [5, 5.41) is 7.56. The average Bonchev–Trinajstić information content (AvgIpc) is 3.38. The van der Waals surface area contributed by atoms with Gasteiger partial charge in [-0.3, -0.25) is 14.4 Å². The van der Waals surface area contributed by atoms with E-state index >= 15 is 0 Å². The molecule has 4 aromatic rings. The van der Waals surface area contributed by atoms with Crippen molar-refractivity contribution < 1.29 is 45.8 Å². The number of fused-ring (bicyclic) bond motifs is 1. The molecule has 0 saturated carbocycles. The van der Waals surface area contributed by atoms with Gasteiger partial charge in [-0.2, -0.15) is 13.2 Å². The highest BCUT2D eigenvalue weighted by molar-refractivity contribution is 6.31. The molecule has 1 aliphatic rings. The number of hydrogen-bond donors (Lipinski definition) is 3. The van der Waals surface area contributed by atoms with Crippen LogP contribution in [0.5, 0.6) is 5.88 Å². The van der Waals surface area contributed by atoms with E-state index in [4.69, 9.17) is 21.1 Å². The van der Waals surface area contributed by atoms with Crippen LogP contribution in [0, 0.1) is 11.6 Å². The van der Waals surface area contributed by atoms with Gasteiger partial charge in [0.1, 0.15) is 24.8 Å². The summed E-state index contributed by atoms with van der Waals surface area (Å²) in [6.07, 6.45) is -3.49. The van der Waals surface area contributed by atoms with Crippen LogP contribution in [0.2, 0.25) is 5.02 Å². The fourth-order valence-electron chi connectivity index (χ4n) is 4.72. The van der Waals surface area contributed by atoms with Gasteiger partial charge in [0.25, 0.3) is 11.8 Å². The summed E-state index contributed by atoms with van der Waals surface area (Å²) in [6, 6.07) is 6.55. The van der Waals surface area contributed by atoms with Gasteiger partial charge in [-0.15, -0.1) is 0 Å². The van der Waals surface area contributed by atoms with Gasteiger partial charge in [0.2, 0.25) is 17.6 Å². The molecule has 0 spiro atoms. The van der Waals surface area contributed by atoms with Crippen molar-refractivity contribution in [2.45, 2.75) is 25.3 Å². The summed E-state index contributed by atoms with van der Waals surface area (Å²) >= 11 is 6.33. The number of nitrogens with one attached hydrogen (secondary N) is 3. The van der Waals surface area contributed by atoms with E-state index in [1.54, 1.807) is 12.1 Å². The van der Waals surface area contributed by atoms with Crippen LogP contribution in [0.25, 0.3) is 0 Å². The van der Waals surface area contributed by atoms with E-state index in [1.807, 2.05) is 0 Å². The van der Waals surface area contributed by atoms with Crippen molar-refractivity contribution in [2.75, 3.05) is 25.6 Å². The van der Waals surface area contributed by atoms with Crippen LogP contribution in [0.15, 0.2) is 54.7 Å². The first-order chi connectivity index (χ1) is 22.3. The number of ether oxygens (including phenoxy) is 2. The van der Waals surface area contributed by atoms with Gasteiger partial charge in [-0.05, 0) is 42.0 Å². The second-order valence-corrected chi connectivity index (χ2v) is 10.5. The van der Waals surface area contributed by atoms with Crippen molar-refractivity contribution in [1.82, 2.24) is 25.2 Å². The number of anilines is 1. The number of benzene rings is 2. The van der Waals surface area contributed by atoms with Crippen LogP contribution in [0.1, 0.15) is 49.4 Å². The zero-order valence-corrected chi connectivity index (χ0v) is 25.0. The number of amides is 3. The Morgan fingerprint density at radius 3 is 2.55 bits per heavy atom. The van der Waals surface area contributed by atoms with Crippen molar-refractivity contribution in [3.05, 3.63) is 105 Å². The Bertz CT molecular complexity index is 1830. The van der Waals surface area contributed by atoms with E-state index in [0.29, 0.717) is 30.2 Å². The van der Waals surface area contributed by atoms with Crippen molar-refractivity contribution in [3.63, 3.8) is 0 Å². The summed E-state index contributed by atoms with van der Waals surface area (Å²) in [4.78, 5) is 47.7. The number of pyridine rings is 1. The lowest BCUT2D eigenvalue weighted by Crippen LogP contribution is -2.41. The Balaban J connectivity index is 1.49. The van der Waals surface area contributed by atoms with E-state index in [0.717, 1.165) is 16.7 Å². The third kappa shape index (κ3) is 7.66. The van der Waals surface area contributed by atoms with Crippen molar-refractivity contribution in [1.29, 1.82) is 0 Å². The second kappa shape index (κ2) is 13.7. The Morgan fingerprint density at radius 1 is 1.06 bits per heavy atom. The van der Waals surface area contributed by atoms with Gasteiger partial charge < -0.3 is 30.0 Å². The summed E-state index contributed by atoms with van der Waals surface area (Å²) in [7, 11) is 1.52. The predicted molar refractivity (Wildman–Crippen MR) is 156 cm³/mol. The first kappa shape index (κ1) is 33.3. The number of nitrogens with zero attached hydrogens (tertiary/aromatic N) is 3. The molecule has 47 heavy (non-hydrogen) atoms. The molecule has 0 bridgehead atoms. The number of alkyl halides is 3. The maximum absolute atomic E-state index is 14.3.